The molecule has 0 heterocycles. The topological polar surface area (TPSA) is 18.5 Å². The Labute approximate surface area is 122 Å². The fourth-order valence-corrected chi connectivity index (χ4v) is 2.27. The zero-order chi connectivity index (χ0) is 13.9. The van der Waals surface area contributed by atoms with Gasteiger partial charge in [-0.2, -0.15) is 0 Å². The molecule has 3 heteroatoms. The summed E-state index contributed by atoms with van der Waals surface area (Å²) < 4.78 is 10.4. The second-order valence-corrected chi connectivity index (χ2v) is 5.27. The highest BCUT2D eigenvalue weighted by Crippen LogP contribution is 2.16. The van der Waals surface area contributed by atoms with Crippen LogP contribution in [0.3, 0.4) is 0 Å². The third-order valence-electron chi connectivity index (χ3n) is 3.20. The molecule has 2 nitrogen and oxygen atoms in total. The van der Waals surface area contributed by atoms with Gasteiger partial charge in [-0.3, -0.25) is 0 Å². The minimum absolute atomic E-state index is 0.537. The van der Waals surface area contributed by atoms with Crippen molar-refractivity contribution in [1.29, 1.82) is 0 Å². The van der Waals surface area contributed by atoms with Crippen LogP contribution in [-0.2, 0) is 15.9 Å². The normalized spacial score (nSPS) is 12.6. The first kappa shape index (κ1) is 16.5. The molecule has 0 bridgehead atoms. The highest BCUT2D eigenvalue weighted by molar-refractivity contribution is 6.18. The lowest BCUT2D eigenvalue weighted by Gasteiger charge is -2.14. The first-order valence-electron chi connectivity index (χ1n) is 6.94. The molecule has 1 unspecified atom stereocenters. The summed E-state index contributed by atoms with van der Waals surface area (Å²) in [6.45, 7) is 4.26. The summed E-state index contributed by atoms with van der Waals surface area (Å²) in [7, 11) is 1.69. The minimum atomic E-state index is 0.537. The second kappa shape index (κ2) is 10.2. The molecule has 0 amide bonds. The van der Waals surface area contributed by atoms with Gasteiger partial charge in [0.15, 0.2) is 0 Å². The molecular formula is C16H25ClO2. The van der Waals surface area contributed by atoms with Crippen LogP contribution >= 0.6 is 11.6 Å². The molecule has 0 fully saturated rings. The largest absolute Gasteiger partial charge is 0.382 e. The molecule has 0 spiro atoms. The molecule has 108 valence electrons. The van der Waals surface area contributed by atoms with Gasteiger partial charge in [0, 0.05) is 19.6 Å². The van der Waals surface area contributed by atoms with Crippen LogP contribution in [0.2, 0.25) is 0 Å². The van der Waals surface area contributed by atoms with Gasteiger partial charge < -0.3 is 9.47 Å². The second-order valence-electron chi connectivity index (χ2n) is 4.96. The molecule has 1 aromatic carbocycles. The van der Waals surface area contributed by atoms with Gasteiger partial charge in [-0.05, 0) is 37.7 Å². The number of hydrogen-bond donors (Lipinski definition) is 0. The summed E-state index contributed by atoms with van der Waals surface area (Å²) in [6.07, 6.45) is 3.24. The van der Waals surface area contributed by atoms with Crippen molar-refractivity contribution in [3.8, 4) is 0 Å². The molecule has 0 saturated heterocycles. The van der Waals surface area contributed by atoms with Crippen LogP contribution in [0.1, 0.15) is 24.0 Å². The molecule has 0 radical (unpaired) electrons. The number of benzene rings is 1. The average molecular weight is 285 g/mol. The zero-order valence-electron chi connectivity index (χ0n) is 12.0. The lowest BCUT2D eigenvalue weighted by molar-refractivity contribution is 0.0675. The number of alkyl halides is 1. The van der Waals surface area contributed by atoms with E-state index in [0.29, 0.717) is 25.0 Å². The van der Waals surface area contributed by atoms with E-state index >= 15 is 0 Å². The molecule has 0 saturated carbocycles. The predicted molar refractivity (Wildman–Crippen MR) is 81.0 cm³/mol. The van der Waals surface area contributed by atoms with Crippen molar-refractivity contribution in [1.82, 2.24) is 0 Å². The average Bonchev–Trinajstić information content (AvgIpc) is 2.43. The Morgan fingerprint density at radius 2 is 1.84 bits per heavy atom. The Balaban J connectivity index is 2.20. The van der Waals surface area contributed by atoms with Crippen LogP contribution in [0.15, 0.2) is 24.3 Å². The molecule has 19 heavy (non-hydrogen) atoms. The fourth-order valence-electron chi connectivity index (χ4n) is 2.01. The summed E-state index contributed by atoms with van der Waals surface area (Å²) in [5.41, 5.74) is 2.68. The van der Waals surface area contributed by atoms with Crippen molar-refractivity contribution in [3.63, 3.8) is 0 Å². The monoisotopic (exact) mass is 284 g/mol. The van der Waals surface area contributed by atoms with E-state index in [-0.39, 0.29) is 0 Å². The molecule has 0 aromatic heterocycles. The van der Waals surface area contributed by atoms with Gasteiger partial charge in [-0.25, -0.2) is 0 Å². The summed E-state index contributed by atoms with van der Waals surface area (Å²) in [5, 5.41) is 0. The highest BCUT2D eigenvalue weighted by Gasteiger charge is 2.08. The number of ether oxygens (including phenoxy) is 2. The maximum absolute atomic E-state index is 6.05. The molecule has 0 N–H and O–H groups in total. The Hall–Kier alpha value is -0.570. The highest BCUT2D eigenvalue weighted by atomic mass is 35.5. The molecule has 1 aromatic rings. The van der Waals surface area contributed by atoms with E-state index in [0.717, 1.165) is 25.9 Å². The number of rotatable bonds is 10. The Bertz CT molecular complexity index is 324. The lowest BCUT2D eigenvalue weighted by atomic mass is 9.96. The predicted octanol–water partition coefficient (Wildman–Crippen LogP) is 3.84. The molecule has 0 aliphatic heterocycles. The van der Waals surface area contributed by atoms with E-state index in [1.54, 1.807) is 7.11 Å². The quantitative estimate of drug-likeness (QED) is 0.480. The summed E-state index contributed by atoms with van der Waals surface area (Å²) in [4.78, 5) is 0. The van der Waals surface area contributed by atoms with Crippen LogP contribution in [0.5, 0.6) is 0 Å². The first-order valence-corrected chi connectivity index (χ1v) is 7.48. The van der Waals surface area contributed by atoms with Crippen LogP contribution in [0, 0.1) is 12.8 Å². The van der Waals surface area contributed by atoms with E-state index in [1.807, 2.05) is 0 Å². The lowest BCUT2D eigenvalue weighted by Crippen LogP contribution is -2.09. The summed E-state index contributed by atoms with van der Waals surface area (Å²) >= 11 is 6.05. The summed E-state index contributed by atoms with van der Waals surface area (Å²) in [5.74, 6) is 1.25. The molecule has 1 atom stereocenters. The standard InChI is InChI=1S/C16H25ClO2/c1-14-5-7-15(8-6-14)12-16(13-17)4-3-9-19-11-10-18-2/h5-8,16H,3-4,9-13H2,1-2H3. The van der Waals surface area contributed by atoms with Crippen LogP contribution < -0.4 is 0 Å². The van der Waals surface area contributed by atoms with Gasteiger partial charge >= 0.3 is 0 Å². The first-order chi connectivity index (χ1) is 9.26. The minimum Gasteiger partial charge on any atom is -0.382 e. The van der Waals surface area contributed by atoms with Gasteiger partial charge in [0.25, 0.3) is 0 Å². The van der Waals surface area contributed by atoms with Gasteiger partial charge in [-0.1, -0.05) is 29.8 Å². The molecular weight excluding hydrogens is 260 g/mol. The van der Waals surface area contributed by atoms with Crippen LogP contribution in [0.4, 0.5) is 0 Å². The van der Waals surface area contributed by atoms with Crippen molar-refractivity contribution in [2.75, 3.05) is 32.8 Å². The maximum atomic E-state index is 6.05. The van der Waals surface area contributed by atoms with Crippen molar-refractivity contribution in [2.24, 2.45) is 5.92 Å². The zero-order valence-corrected chi connectivity index (χ0v) is 12.8. The maximum Gasteiger partial charge on any atom is 0.0700 e. The number of methoxy groups -OCH3 is 1. The van der Waals surface area contributed by atoms with Gasteiger partial charge in [0.2, 0.25) is 0 Å². The fraction of sp³-hybridized carbons (Fsp3) is 0.625. The van der Waals surface area contributed by atoms with E-state index in [4.69, 9.17) is 21.1 Å². The van der Waals surface area contributed by atoms with Crippen molar-refractivity contribution >= 4 is 11.6 Å². The van der Waals surface area contributed by atoms with Crippen molar-refractivity contribution < 1.29 is 9.47 Å². The number of halogens is 1. The third kappa shape index (κ3) is 7.56. The van der Waals surface area contributed by atoms with Crippen molar-refractivity contribution in [2.45, 2.75) is 26.2 Å². The third-order valence-corrected chi connectivity index (χ3v) is 3.63. The smallest absolute Gasteiger partial charge is 0.0700 e. The van der Waals surface area contributed by atoms with Crippen LogP contribution in [-0.4, -0.2) is 32.8 Å². The van der Waals surface area contributed by atoms with Gasteiger partial charge in [0.1, 0.15) is 0 Å². The van der Waals surface area contributed by atoms with E-state index < -0.39 is 0 Å². The van der Waals surface area contributed by atoms with E-state index in [1.165, 1.54) is 11.1 Å². The Kier molecular flexibility index (Phi) is 8.89. The number of hydrogen-bond acceptors (Lipinski definition) is 2. The Morgan fingerprint density at radius 1 is 1.11 bits per heavy atom. The van der Waals surface area contributed by atoms with Crippen molar-refractivity contribution in [3.05, 3.63) is 35.4 Å². The van der Waals surface area contributed by atoms with Gasteiger partial charge in [0.05, 0.1) is 13.2 Å². The Morgan fingerprint density at radius 3 is 2.47 bits per heavy atom. The van der Waals surface area contributed by atoms with Gasteiger partial charge in [-0.15, -0.1) is 11.6 Å². The molecule has 0 aliphatic rings. The number of aryl methyl sites for hydroxylation is 1. The van der Waals surface area contributed by atoms with Crippen LogP contribution in [0.25, 0.3) is 0 Å². The summed E-state index contributed by atoms with van der Waals surface area (Å²) in [6, 6.07) is 8.72. The van der Waals surface area contributed by atoms with E-state index in [9.17, 15) is 0 Å². The van der Waals surface area contributed by atoms with E-state index in [2.05, 4.69) is 31.2 Å². The SMILES string of the molecule is COCCOCCCC(CCl)Cc1ccc(C)cc1. The molecule has 0 aliphatic carbocycles. The molecule has 1 rings (SSSR count).